The van der Waals surface area contributed by atoms with Gasteiger partial charge < -0.3 is 0 Å². The molecule has 2 bridgehead atoms. The number of benzene rings is 1. The molecule has 1 aromatic rings. The first-order valence-electron chi connectivity index (χ1n) is 10.1. The van der Waals surface area contributed by atoms with Crippen molar-refractivity contribution in [3.8, 4) is 0 Å². The van der Waals surface area contributed by atoms with Gasteiger partial charge in [-0.05, 0) is 83.9 Å². The van der Waals surface area contributed by atoms with Crippen molar-refractivity contribution < 1.29 is 0 Å². The van der Waals surface area contributed by atoms with E-state index in [1.54, 1.807) is 5.56 Å². The van der Waals surface area contributed by atoms with E-state index in [-0.39, 0.29) is 0 Å². The Hall–Kier alpha value is -0.820. The standard InChI is InChI=1S/C22H27N/c1-12-10-23-11-15-7-5-13-3-4-14-6-8-16-17-9-22(23,19(12)17)21(15,2)20(16)18(13)14/h6,8,12-13,15,17,19H,3-5,7,9-11H2,1-2H3/t12-,13-,15-,17?,19?,21+,22?/m1/s1. The summed E-state index contributed by atoms with van der Waals surface area (Å²) in [6, 6.07) is 5.13. The van der Waals surface area contributed by atoms with E-state index in [0.29, 0.717) is 11.0 Å². The summed E-state index contributed by atoms with van der Waals surface area (Å²) >= 11 is 0. The van der Waals surface area contributed by atoms with Gasteiger partial charge in [-0.25, -0.2) is 0 Å². The third-order valence-electron chi connectivity index (χ3n) is 9.68. The van der Waals surface area contributed by atoms with Crippen LogP contribution in [-0.4, -0.2) is 23.5 Å². The Morgan fingerprint density at radius 2 is 2.04 bits per heavy atom. The van der Waals surface area contributed by atoms with Crippen LogP contribution >= 0.6 is 0 Å². The maximum Gasteiger partial charge on any atom is 0.0349 e. The van der Waals surface area contributed by atoms with Gasteiger partial charge in [0.1, 0.15) is 0 Å². The highest BCUT2D eigenvalue weighted by atomic mass is 15.3. The highest BCUT2D eigenvalue weighted by Crippen LogP contribution is 2.77. The molecule has 23 heavy (non-hydrogen) atoms. The topological polar surface area (TPSA) is 3.24 Å². The molecule has 1 spiro atoms. The quantitative estimate of drug-likeness (QED) is 0.694. The van der Waals surface area contributed by atoms with E-state index in [4.69, 9.17) is 0 Å². The Bertz CT molecular complexity index is 765. The normalized spacial score (nSPS) is 53.9. The Kier molecular flexibility index (Phi) is 1.87. The number of rotatable bonds is 0. The average molecular weight is 305 g/mol. The molecular formula is C22H27N. The third-order valence-corrected chi connectivity index (χ3v) is 9.68. The summed E-state index contributed by atoms with van der Waals surface area (Å²) in [5.41, 5.74) is 8.35. The average Bonchev–Trinajstić information content (AvgIpc) is 3.05. The SMILES string of the molecule is C[C@@H]1CN2C[C@H]3CC[C@H]4CCc5ccc6c(c54)[C@@]3(C)C23CC6C13. The highest BCUT2D eigenvalue weighted by Gasteiger charge is 2.79. The van der Waals surface area contributed by atoms with Crippen molar-refractivity contribution in [2.24, 2.45) is 17.8 Å². The van der Waals surface area contributed by atoms with Gasteiger partial charge in [-0.3, -0.25) is 4.90 Å². The van der Waals surface area contributed by atoms with Gasteiger partial charge in [-0.2, -0.15) is 0 Å². The van der Waals surface area contributed by atoms with Crippen LogP contribution in [-0.2, 0) is 11.8 Å². The van der Waals surface area contributed by atoms with Gasteiger partial charge in [0.05, 0.1) is 0 Å². The molecular weight excluding hydrogens is 278 g/mol. The van der Waals surface area contributed by atoms with Gasteiger partial charge in [0, 0.05) is 24.0 Å². The lowest BCUT2D eigenvalue weighted by Crippen LogP contribution is -2.69. The molecule has 7 atom stereocenters. The van der Waals surface area contributed by atoms with E-state index in [1.807, 2.05) is 16.7 Å². The van der Waals surface area contributed by atoms with Gasteiger partial charge in [0.2, 0.25) is 0 Å². The summed E-state index contributed by atoms with van der Waals surface area (Å²) in [7, 11) is 0. The maximum atomic E-state index is 2.99. The van der Waals surface area contributed by atoms with Crippen LogP contribution in [0.5, 0.6) is 0 Å². The number of fused-ring (bicyclic) bond motifs is 1. The predicted octanol–water partition coefficient (Wildman–Crippen LogP) is 4.21. The zero-order valence-corrected chi connectivity index (χ0v) is 14.4. The zero-order valence-electron chi connectivity index (χ0n) is 14.4. The molecule has 1 nitrogen and oxygen atoms in total. The first-order chi connectivity index (χ1) is 11.2. The maximum absolute atomic E-state index is 2.99. The molecule has 0 N–H and O–H groups in total. The summed E-state index contributed by atoms with van der Waals surface area (Å²) in [6.07, 6.45) is 7.23. The molecule has 2 aliphatic heterocycles. The lowest BCUT2D eigenvalue weighted by Gasteiger charge is -2.67. The van der Waals surface area contributed by atoms with E-state index in [9.17, 15) is 0 Å². The smallest absolute Gasteiger partial charge is 0.0349 e. The molecule has 1 aromatic carbocycles. The van der Waals surface area contributed by atoms with Crippen molar-refractivity contribution in [3.05, 3.63) is 34.4 Å². The van der Waals surface area contributed by atoms with Crippen LogP contribution in [0.3, 0.4) is 0 Å². The molecule has 7 rings (SSSR count). The van der Waals surface area contributed by atoms with E-state index < -0.39 is 0 Å². The Balaban J connectivity index is 1.63. The second kappa shape index (κ2) is 3.43. The van der Waals surface area contributed by atoms with E-state index in [1.165, 1.54) is 45.2 Å². The third kappa shape index (κ3) is 1.00. The van der Waals surface area contributed by atoms with Gasteiger partial charge >= 0.3 is 0 Å². The summed E-state index contributed by atoms with van der Waals surface area (Å²) in [5, 5.41) is 0. The van der Waals surface area contributed by atoms with Gasteiger partial charge in [-0.1, -0.05) is 26.0 Å². The number of hydrogen-bond donors (Lipinski definition) is 0. The van der Waals surface area contributed by atoms with Gasteiger partial charge in [0.15, 0.2) is 0 Å². The first kappa shape index (κ1) is 12.5. The highest BCUT2D eigenvalue weighted by molar-refractivity contribution is 5.61. The van der Waals surface area contributed by atoms with Crippen molar-refractivity contribution in [3.63, 3.8) is 0 Å². The molecule has 0 amide bonds. The van der Waals surface area contributed by atoms with Crippen LogP contribution in [0.1, 0.15) is 73.6 Å². The first-order valence-corrected chi connectivity index (χ1v) is 10.1. The predicted molar refractivity (Wildman–Crippen MR) is 91.9 cm³/mol. The summed E-state index contributed by atoms with van der Waals surface area (Å²) in [6.45, 7) is 8.05. The second-order valence-electron chi connectivity index (χ2n) is 9.96. The Labute approximate surface area is 139 Å². The molecule has 3 fully saturated rings. The summed E-state index contributed by atoms with van der Waals surface area (Å²) in [5.74, 6) is 4.59. The molecule has 4 aliphatic carbocycles. The molecule has 2 heterocycles. The van der Waals surface area contributed by atoms with Crippen molar-refractivity contribution in [2.45, 2.75) is 68.7 Å². The van der Waals surface area contributed by atoms with Crippen molar-refractivity contribution >= 4 is 0 Å². The number of hydrogen-bond acceptors (Lipinski definition) is 1. The van der Waals surface area contributed by atoms with Crippen molar-refractivity contribution in [2.75, 3.05) is 13.1 Å². The lowest BCUT2D eigenvalue weighted by atomic mass is 9.39. The van der Waals surface area contributed by atoms with Gasteiger partial charge in [0.25, 0.3) is 0 Å². The molecule has 120 valence electrons. The zero-order chi connectivity index (χ0) is 15.1. The second-order valence-corrected chi connectivity index (χ2v) is 9.96. The van der Waals surface area contributed by atoms with Crippen LogP contribution < -0.4 is 0 Å². The summed E-state index contributed by atoms with van der Waals surface area (Å²) < 4.78 is 0. The van der Waals surface area contributed by atoms with Crippen molar-refractivity contribution in [1.29, 1.82) is 0 Å². The number of nitrogens with zero attached hydrogens (tertiary/aromatic N) is 1. The molecule has 0 radical (unpaired) electrons. The fourth-order valence-corrected chi connectivity index (χ4v) is 9.05. The fourth-order valence-electron chi connectivity index (χ4n) is 9.05. The van der Waals surface area contributed by atoms with E-state index >= 15 is 0 Å². The fraction of sp³-hybridized carbons (Fsp3) is 0.727. The minimum Gasteiger partial charge on any atom is -0.296 e. The summed E-state index contributed by atoms with van der Waals surface area (Å²) in [4.78, 5) is 2.99. The van der Waals surface area contributed by atoms with Crippen LogP contribution in [0.25, 0.3) is 0 Å². The van der Waals surface area contributed by atoms with Crippen molar-refractivity contribution in [1.82, 2.24) is 4.90 Å². The minimum atomic E-state index is 0.469. The Morgan fingerprint density at radius 1 is 1.13 bits per heavy atom. The van der Waals surface area contributed by atoms with Crippen LogP contribution in [0.15, 0.2) is 12.1 Å². The van der Waals surface area contributed by atoms with Crippen LogP contribution in [0, 0.1) is 17.8 Å². The molecule has 0 aromatic heterocycles. The minimum absolute atomic E-state index is 0.469. The van der Waals surface area contributed by atoms with Gasteiger partial charge in [-0.15, -0.1) is 0 Å². The van der Waals surface area contributed by atoms with Crippen LogP contribution in [0.4, 0.5) is 0 Å². The largest absolute Gasteiger partial charge is 0.296 e. The molecule has 3 unspecified atom stereocenters. The van der Waals surface area contributed by atoms with E-state index in [0.717, 1.165) is 29.6 Å². The lowest BCUT2D eigenvalue weighted by molar-refractivity contribution is -0.0513. The molecule has 2 saturated heterocycles. The van der Waals surface area contributed by atoms with E-state index in [2.05, 4.69) is 30.9 Å². The van der Waals surface area contributed by atoms with Crippen LogP contribution in [0.2, 0.25) is 0 Å². The number of aryl methyl sites for hydroxylation is 1. The Morgan fingerprint density at radius 3 is 2.96 bits per heavy atom. The molecule has 6 aliphatic rings. The monoisotopic (exact) mass is 305 g/mol. The molecule has 1 heteroatoms. The molecule has 1 saturated carbocycles.